The third kappa shape index (κ3) is 10.2. The molecule has 0 N–H and O–H groups in total. The van der Waals surface area contributed by atoms with Crippen LogP contribution in [0, 0.1) is 146 Å². The molecule has 0 radical (unpaired) electrons. The first-order valence-electron chi connectivity index (χ1n) is 31.2. The maximum Gasteiger partial charge on any atom is 0.380 e. The lowest BCUT2D eigenvalue weighted by Gasteiger charge is -2.26. The third-order valence-electron chi connectivity index (χ3n) is 19.8. The van der Waals surface area contributed by atoms with Crippen molar-refractivity contribution >= 4 is 135 Å². The van der Waals surface area contributed by atoms with Crippen molar-refractivity contribution in [1.82, 2.24) is 0 Å². The van der Waals surface area contributed by atoms with Gasteiger partial charge < -0.3 is 0 Å². The molecule has 0 aromatic carbocycles. The normalized spacial score (nSPS) is 20.8. The predicted octanol–water partition coefficient (Wildman–Crippen LogP) is 26.6. The highest BCUT2D eigenvalue weighted by molar-refractivity contribution is 7.15. The van der Waals surface area contributed by atoms with E-state index in [4.69, 9.17) is 0 Å². The van der Waals surface area contributed by atoms with Crippen LogP contribution in [0.2, 0.25) is 0 Å². The lowest BCUT2D eigenvalue weighted by Crippen LogP contribution is -2.49. The van der Waals surface area contributed by atoms with E-state index in [1.165, 1.54) is 52.3 Å². The molecule has 0 bridgehead atoms. The average molecular weight is 1650 g/mol. The molecule has 8 heterocycles. The van der Waals surface area contributed by atoms with Crippen LogP contribution >= 0.6 is 90.7 Å². The summed E-state index contributed by atoms with van der Waals surface area (Å²) in [4.78, 5) is -2.66. The predicted molar refractivity (Wildman–Crippen MR) is 375 cm³/mol. The Morgan fingerprint density at radius 2 is 0.330 bits per heavy atom. The van der Waals surface area contributed by atoms with Crippen molar-refractivity contribution in [3.63, 3.8) is 0 Å². The first kappa shape index (κ1) is 79.1. The lowest BCUT2D eigenvalue weighted by molar-refractivity contribution is -0.254. The standard InChI is InChI=1S/C74H50F24S8/c1-25-23-99-33(9)47(25)55-57(65(79,80)71(91,92)63(55,75)76)49-27(3)41(101-35(49)11)17-19-43-29(5)51(37(13)103-43)59-61(69(87,88)73(95,96)67(59,83)84)53-31(7)45(105-39(53)15)21-22-46-32(8)54(40(16)106-46)62-60(68(85,86)74(97,98)70(62,89)90)52-30(6)44(104-38(52)14)20-18-42-28(4)50(36(12)102-42)58-56(48-26(2)24-100-34(48)10)64(77,78)72(93,94)66(58,81)82/h23-24H,1-16H3. The van der Waals surface area contributed by atoms with Crippen LogP contribution in [0.25, 0.3) is 44.6 Å². The summed E-state index contributed by atoms with van der Waals surface area (Å²) in [6, 6.07) is 0. The minimum Gasteiger partial charge on any atom is -0.194 e. The van der Waals surface area contributed by atoms with E-state index < -0.39 is 171 Å². The summed E-state index contributed by atoms with van der Waals surface area (Å²) in [5.41, 5.74) is -21.5. The molecule has 32 heteroatoms. The second kappa shape index (κ2) is 24.5. The largest absolute Gasteiger partial charge is 0.380 e. The van der Waals surface area contributed by atoms with Crippen LogP contribution in [0.4, 0.5) is 105 Å². The summed E-state index contributed by atoms with van der Waals surface area (Å²) in [7, 11) is 0. The number of halogens is 24. The van der Waals surface area contributed by atoms with Gasteiger partial charge >= 0.3 is 71.1 Å². The van der Waals surface area contributed by atoms with Gasteiger partial charge in [0.05, 0.1) is 29.3 Å². The number of allylic oxidation sites excluding steroid dienone is 8. The van der Waals surface area contributed by atoms with Crippen LogP contribution < -0.4 is 0 Å². The fourth-order valence-electron chi connectivity index (χ4n) is 14.6. The van der Waals surface area contributed by atoms with Crippen molar-refractivity contribution in [2.24, 2.45) is 0 Å². The molecule has 8 aromatic rings. The Labute approximate surface area is 621 Å². The molecule has 0 nitrogen and oxygen atoms in total. The zero-order valence-corrected chi connectivity index (χ0v) is 64.0. The highest BCUT2D eigenvalue weighted by Gasteiger charge is 2.84. The fraction of sp³-hybridized carbons (Fsp3) is 0.378. The van der Waals surface area contributed by atoms with Crippen LogP contribution in [0.5, 0.6) is 0 Å². The van der Waals surface area contributed by atoms with E-state index in [2.05, 4.69) is 35.5 Å². The molecule has 0 aliphatic heterocycles. The molecule has 8 aromatic heterocycles. The molecule has 0 saturated heterocycles. The zero-order chi connectivity index (χ0) is 79.3. The van der Waals surface area contributed by atoms with Crippen molar-refractivity contribution in [1.29, 1.82) is 0 Å². The minimum atomic E-state index is -6.14. The van der Waals surface area contributed by atoms with Crippen LogP contribution in [-0.4, -0.2) is 71.1 Å². The average Bonchev–Trinajstić information content (AvgIpc) is 1.54. The van der Waals surface area contributed by atoms with Gasteiger partial charge in [-0.15, -0.1) is 90.7 Å². The zero-order valence-electron chi connectivity index (χ0n) is 57.5. The quantitative estimate of drug-likeness (QED) is 0.105. The summed E-state index contributed by atoms with van der Waals surface area (Å²) in [5.74, 6) is -52.8. The molecule has 106 heavy (non-hydrogen) atoms. The van der Waals surface area contributed by atoms with Gasteiger partial charge in [-0.1, -0.05) is 0 Å². The topological polar surface area (TPSA) is 0 Å². The van der Waals surface area contributed by atoms with E-state index in [0.717, 1.165) is 91.9 Å². The second-order valence-corrected chi connectivity index (χ2v) is 35.8. The summed E-state index contributed by atoms with van der Waals surface area (Å²) in [6.07, 6.45) is 0. The van der Waals surface area contributed by atoms with E-state index in [9.17, 15) is 0 Å². The van der Waals surface area contributed by atoms with Crippen molar-refractivity contribution in [2.75, 3.05) is 0 Å². The second-order valence-electron chi connectivity index (χ2n) is 26.3. The van der Waals surface area contributed by atoms with E-state index >= 15 is 105 Å². The van der Waals surface area contributed by atoms with Crippen LogP contribution in [0.15, 0.2) is 10.8 Å². The summed E-state index contributed by atoms with van der Waals surface area (Å²) in [5, 5.41) is 2.66. The van der Waals surface area contributed by atoms with Crippen LogP contribution in [0.3, 0.4) is 0 Å². The van der Waals surface area contributed by atoms with Gasteiger partial charge in [0, 0.05) is 128 Å². The highest BCUT2D eigenvalue weighted by atomic mass is 32.1. The van der Waals surface area contributed by atoms with Gasteiger partial charge in [-0.3, -0.25) is 0 Å². The molecule has 0 spiro atoms. The Morgan fingerprint density at radius 3 is 0.453 bits per heavy atom. The maximum absolute atomic E-state index is 16.7. The molecular weight excluding hydrogens is 1600 g/mol. The first-order chi connectivity index (χ1) is 48.4. The van der Waals surface area contributed by atoms with Gasteiger partial charge in [0.1, 0.15) is 0 Å². The van der Waals surface area contributed by atoms with Gasteiger partial charge in [-0.25, -0.2) is 0 Å². The van der Waals surface area contributed by atoms with Crippen LogP contribution in [0.1, 0.15) is 157 Å². The Hall–Kier alpha value is -6.44. The molecule has 4 aliphatic rings. The first-order valence-corrected chi connectivity index (χ1v) is 37.9. The lowest BCUT2D eigenvalue weighted by atomic mass is 9.90. The summed E-state index contributed by atoms with van der Waals surface area (Å²) < 4.78 is 386. The van der Waals surface area contributed by atoms with E-state index in [1.54, 1.807) is 0 Å². The Kier molecular flexibility index (Phi) is 18.3. The Balaban J connectivity index is 0.929. The van der Waals surface area contributed by atoms with Gasteiger partial charge in [0.2, 0.25) is 0 Å². The number of alkyl halides is 24. The summed E-state index contributed by atoms with van der Waals surface area (Å²) in [6.45, 7) is 18.7. The third-order valence-corrected chi connectivity index (χ3v) is 28.6. The number of aryl methyl sites for hydroxylation is 10. The number of hydrogen-bond acceptors (Lipinski definition) is 8. The number of thiophene rings is 8. The molecule has 4 aliphatic carbocycles. The molecular formula is C74H50F24S8. The summed E-state index contributed by atoms with van der Waals surface area (Å²) >= 11 is 5.18. The molecule has 0 amide bonds. The van der Waals surface area contributed by atoms with E-state index in [0.29, 0.717) is 68.0 Å². The SMILES string of the molecule is Cc1csc(C)c1C1=C(c2c(C)sc(C#Cc3sc(C)c(C4=C(c5c(C)sc(C#Cc6sc(C)c(C7=C(c8c(C)sc(C#Cc9sc(C)c(C%10=C(c%11c(C)csc%11C)C(F)(F)C(F)(F)C%10(F)F)c9C)c8C)C(F)(F)C(F)(F)C7(F)F)c6C)c5C)C(F)(F)C(F)(F)C4(F)F)c3C)c2C)C(F)(F)C(F)(F)C1(F)F. The minimum absolute atomic E-state index is 0.0154. The number of rotatable bonds is 8. The van der Waals surface area contributed by atoms with Crippen molar-refractivity contribution < 1.29 is 105 Å². The molecule has 0 fully saturated rings. The van der Waals surface area contributed by atoms with Crippen molar-refractivity contribution in [2.45, 2.75) is 182 Å². The molecule has 0 saturated carbocycles. The maximum atomic E-state index is 16.7. The van der Waals surface area contributed by atoms with Crippen molar-refractivity contribution in [3.8, 4) is 35.5 Å². The van der Waals surface area contributed by atoms with Gasteiger partial charge in [0.25, 0.3) is 0 Å². The smallest absolute Gasteiger partial charge is 0.194 e. The van der Waals surface area contributed by atoms with Gasteiger partial charge in [-0.2, -0.15) is 105 Å². The monoisotopic (exact) mass is 1650 g/mol. The molecule has 0 unspecified atom stereocenters. The van der Waals surface area contributed by atoms with Gasteiger partial charge in [0.15, 0.2) is 0 Å². The Morgan fingerprint density at radius 1 is 0.198 bits per heavy atom. The van der Waals surface area contributed by atoms with Gasteiger partial charge in [-0.05, 0) is 202 Å². The van der Waals surface area contributed by atoms with E-state index in [-0.39, 0.29) is 102 Å². The van der Waals surface area contributed by atoms with Crippen molar-refractivity contribution in [3.05, 3.63) is 168 Å². The fourth-order valence-corrected chi connectivity index (χ4v) is 22.5. The molecule has 562 valence electrons. The number of hydrogen-bond donors (Lipinski definition) is 0. The Bertz CT molecular complexity index is 5170. The highest BCUT2D eigenvalue weighted by Crippen LogP contribution is 2.72. The molecule has 12 rings (SSSR count). The van der Waals surface area contributed by atoms with Crippen LogP contribution in [-0.2, 0) is 0 Å². The molecule has 0 atom stereocenters. The van der Waals surface area contributed by atoms with E-state index in [1.807, 2.05) is 0 Å².